The lowest BCUT2D eigenvalue weighted by molar-refractivity contribution is 0.244. The number of hydrogen-bond donors (Lipinski definition) is 1. The molecule has 170 valence electrons. The van der Waals surface area contributed by atoms with Crippen molar-refractivity contribution in [3.63, 3.8) is 0 Å². The average Bonchev–Trinajstić information content (AvgIpc) is 3.34. The van der Waals surface area contributed by atoms with Crippen LogP contribution in [0.15, 0.2) is 89.1 Å². The van der Waals surface area contributed by atoms with Gasteiger partial charge in [0.15, 0.2) is 0 Å². The predicted octanol–water partition coefficient (Wildman–Crippen LogP) is 6.65. The summed E-state index contributed by atoms with van der Waals surface area (Å²) in [5, 5.41) is 7.96. The van der Waals surface area contributed by atoms with E-state index >= 15 is 0 Å². The Morgan fingerprint density at radius 3 is 2.38 bits per heavy atom. The van der Waals surface area contributed by atoms with Crippen molar-refractivity contribution in [3.05, 3.63) is 107 Å². The zero-order valence-electron chi connectivity index (χ0n) is 18.8. The van der Waals surface area contributed by atoms with Gasteiger partial charge in [-0.25, -0.2) is 4.79 Å². The molecule has 1 aromatic heterocycles. The SMILES string of the molecule is CCc1ccc(-c2noc(C3=C(C)N(c4ccccc4)C(=O)NC3c3ccc(Cl)cc3)n2)cc1. The highest BCUT2D eigenvalue weighted by Gasteiger charge is 2.36. The zero-order chi connectivity index (χ0) is 23.7. The van der Waals surface area contributed by atoms with Crippen molar-refractivity contribution in [2.45, 2.75) is 26.3 Å². The van der Waals surface area contributed by atoms with Crippen LogP contribution in [0.2, 0.25) is 5.02 Å². The minimum Gasteiger partial charge on any atom is -0.334 e. The molecule has 2 amide bonds. The molecular formula is C27H23ClN4O2. The Bertz CT molecular complexity index is 1350. The summed E-state index contributed by atoms with van der Waals surface area (Å²) < 4.78 is 5.76. The molecule has 1 aliphatic heterocycles. The maximum absolute atomic E-state index is 13.2. The number of halogens is 1. The summed E-state index contributed by atoms with van der Waals surface area (Å²) in [5.74, 6) is 0.851. The molecule has 0 aliphatic carbocycles. The fourth-order valence-electron chi connectivity index (χ4n) is 4.15. The Balaban J connectivity index is 1.62. The number of rotatable bonds is 5. The van der Waals surface area contributed by atoms with E-state index in [0.29, 0.717) is 22.4 Å². The number of para-hydroxylation sites is 1. The molecule has 0 radical (unpaired) electrons. The van der Waals surface area contributed by atoms with Crippen LogP contribution in [0.3, 0.4) is 0 Å². The van der Waals surface area contributed by atoms with Gasteiger partial charge in [-0.15, -0.1) is 0 Å². The number of amides is 2. The number of carbonyl (C=O) groups is 1. The Kier molecular flexibility index (Phi) is 5.90. The normalized spacial score (nSPS) is 16.0. The minimum atomic E-state index is -0.472. The second-order valence-electron chi connectivity index (χ2n) is 8.08. The van der Waals surface area contributed by atoms with Gasteiger partial charge in [-0.2, -0.15) is 4.98 Å². The van der Waals surface area contributed by atoms with Gasteiger partial charge in [-0.1, -0.05) is 78.3 Å². The molecule has 1 N–H and O–H groups in total. The van der Waals surface area contributed by atoms with Crippen molar-refractivity contribution in [1.29, 1.82) is 0 Å². The summed E-state index contributed by atoms with van der Waals surface area (Å²) >= 11 is 6.11. The quantitative estimate of drug-likeness (QED) is 0.354. The Hall–Kier alpha value is -3.90. The number of anilines is 1. The van der Waals surface area contributed by atoms with Gasteiger partial charge in [0.25, 0.3) is 5.89 Å². The molecule has 0 spiro atoms. The van der Waals surface area contributed by atoms with Gasteiger partial charge >= 0.3 is 6.03 Å². The van der Waals surface area contributed by atoms with E-state index in [0.717, 1.165) is 28.8 Å². The topological polar surface area (TPSA) is 71.3 Å². The van der Waals surface area contributed by atoms with Gasteiger partial charge < -0.3 is 9.84 Å². The van der Waals surface area contributed by atoms with Crippen LogP contribution in [0.5, 0.6) is 0 Å². The Morgan fingerprint density at radius 2 is 1.71 bits per heavy atom. The molecule has 1 aliphatic rings. The molecule has 34 heavy (non-hydrogen) atoms. The first-order valence-corrected chi connectivity index (χ1v) is 11.5. The lowest BCUT2D eigenvalue weighted by Crippen LogP contribution is -2.46. The average molecular weight is 471 g/mol. The van der Waals surface area contributed by atoms with Gasteiger partial charge in [0.2, 0.25) is 5.82 Å². The number of benzene rings is 3. The van der Waals surface area contributed by atoms with Crippen LogP contribution in [0, 0.1) is 0 Å². The van der Waals surface area contributed by atoms with E-state index in [1.54, 1.807) is 17.0 Å². The van der Waals surface area contributed by atoms with Crippen molar-refractivity contribution in [2.75, 3.05) is 4.90 Å². The van der Waals surface area contributed by atoms with Crippen molar-refractivity contribution < 1.29 is 9.32 Å². The molecule has 1 atom stereocenters. The number of hydrogen-bond acceptors (Lipinski definition) is 4. The van der Waals surface area contributed by atoms with E-state index in [-0.39, 0.29) is 6.03 Å². The Labute approximate surface area is 202 Å². The molecule has 1 unspecified atom stereocenters. The number of carbonyl (C=O) groups excluding carboxylic acids is 1. The third kappa shape index (κ3) is 4.08. The van der Waals surface area contributed by atoms with E-state index in [2.05, 4.69) is 29.5 Å². The lowest BCUT2D eigenvalue weighted by Gasteiger charge is -2.35. The van der Waals surface area contributed by atoms with Gasteiger partial charge in [-0.05, 0) is 48.7 Å². The smallest absolute Gasteiger partial charge is 0.326 e. The second-order valence-corrected chi connectivity index (χ2v) is 8.51. The second kappa shape index (κ2) is 9.15. The molecule has 0 saturated heterocycles. The van der Waals surface area contributed by atoms with Crippen LogP contribution < -0.4 is 10.2 Å². The molecule has 5 rings (SSSR count). The van der Waals surface area contributed by atoms with Crippen LogP contribution in [-0.2, 0) is 6.42 Å². The number of urea groups is 1. The van der Waals surface area contributed by atoms with Gasteiger partial charge in [0.05, 0.1) is 17.3 Å². The summed E-state index contributed by atoms with van der Waals surface area (Å²) in [6.45, 7) is 4.01. The highest BCUT2D eigenvalue weighted by Crippen LogP contribution is 2.39. The van der Waals surface area contributed by atoms with E-state index in [1.165, 1.54) is 5.56 Å². The van der Waals surface area contributed by atoms with E-state index < -0.39 is 6.04 Å². The van der Waals surface area contributed by atoms with Crippen LogP contribution in [0.25, 0.3) is 17.0 Å². The molecule has 0 saturated carbocycles. The van der Waals surface area contributed by atoms with Crippen LogP contribution in [0.4, 0.5) is 10.5 Å². The minimum absolute atomic E-state index is 0.234. The van der Waals surface area contributed by atoms with Crippen LogP contribution in [0.1, 0.15) is 36.9 Å². The molecule has 6 nitrogen and oxygen atoms in total. The summed E-state index contributed by atoms with van der Waals surface area (Å²) in [6, 6.07) is 24.2. The largest absolute Gasteiger partial charge is 0.334 e. The summed E-state index contributed by atoms with van der Waals surface area (Å²) in [5.41, 5.74) is 5.17. The van der Waals surface area contributed by atoms with Crippen LogP contribution >= 0.6 is 11.6 Å². The maximum atomic E-state index is 13.2. The number of nitrogens with one attached hydrogen (secondary N) is 1. The highest BCUT2D eigenvalue weighted by molar-refractivity contribution is 6.30. The molecule has 7 heteroatoms. The van der Waals surface area contributed by atoms with Gasteiger partial charge in [0, 0.05) is 16.3 Å². The third-order valence-electron chi connectivity index (χ3n) is 5.98. The first-order chi connectivity index (χ1) is 16.5. The fourth-order valence-corrected chi connectivity index (χ4v) is 4.28. The number of aryl methyl sites for hydroxylation is 1. The summed E-state index contributed by atoms with van der Waals surface area (Å²) in [7, 11) is 0. The Morgan fingerprint density at radius 1 is 1.00 bits per heavy atom. The first kappa shape index (κ1) is 21.9. The zero-order valence-corrected chi connectivity index (χ0v) is 19.6. The molecule has 2 heterocycles. The van der Waals surface area contributed by atoms with E-state index in [1.807, 2.05) is 61.5 Å². The standard InChI is InChI=1S/C27H23ClN4O2/c1-3-18-9-11-20(12-10-18)25-30-26(34-31-25)23-17(2)32(22-7-5-4-6-8-22)27(33)29-24(23)19-13-15-21(28)16-14-19/h4-16,24H,3H2,1-2H3,(H,29,33). The number of nitrogens with zero attached hydrogens (tertiary/aromatic N) is 3. The number of allylic oxidation sites excluding steroid dienone is 1. The summed E-state index contributed by atoms with van der Waals surface area (Å²) in [6.07, 6.45) is 0.960. The molecule has 4 aromatic rings. The first-order valence-electron chi connectivity index (χ1n) is 11.1. The molecule has 0 fully saturated rings. The van der Waals surface area contributed by atoms with E-state index in [9.17, 15) is 4.79 Å². The lowest BCUT2D eigenvalue weighted by atomic mass is 9.94. The third-order valence-corrected chi connectivity index (χ3v) is 6.23. The van der Waals surface area contributed by atoms with E-state index in [4.69, 9.17) is 21.1 Å². The van der Waals surface area contributed by atoms with Crippen LogP contribution in [-0.4, -0.2) is 16.2 Å². The van der Waals surface area contributed by atoms with Crippen molar-refractivity contribution in [1.82, 2.24) is 15.5 Å². The molecular weight excluding hydrogens is 448 g/mol. The monoisotopic (exact) mass is 470 g/mol. The predicted molar refractivity (Wildman–Crippen MR) is 133 cm³/mol. The molecule has 3 aromatic carbocycles. The number of aromatic nitrogens is 2. The maximum Gasteiger partial charge on any atom is 0.326 e. The van der Waals surface area contributed by atoms with Crippen molar-refractivity contribution in [2.24, 2.45) is 0 Å². The van der Waals surface area contributed by atoms with Gasteiger partial charge in [0.1, 0.15) is 0 Å². The van der Waals surface area contributed by atoms with Crippen molar-refractivity contribution >= 4 is 28.9 Å². The highest BCUT2D eigenvalue weighted by atomic mass is 35.5. The van der Waals surface area contributed by atoms with Crippen molar-refractivity contribution in [3.8, 4) is 11.4 Å². The molecule has 0 bridgehead atoms. The summed E-state index contributed by atoms with van der Waals surface area (Å²) in [4.78, 5) is 19.6. The fraction of sp³-hybridized carbons (Fsp3) is 0.148. The van der Waals surface area contributed by atoms with Gasteiger partial charge in [-0.3, -0.25) is 4.90 Å².